The van der Waals surface area contributed by atoms with Crippen LogP contribution in [0.1, 0.15) is 44.9 Å². The second-order valence-corrected chi connectivity index (χ2v) is 6.88. The second-order valence-electron chi connectivity index (χ2n) is 6.88. The van der Waals surface area contributed by atoms with E-state index in [2.05, 4.69) is 10.2 Å². The summed E-state index contributed by atoms with van der Waals surface area (Å²) in [5.74, 6) is 2.78. The molecule has 0 aromatic rings. The lowest BCUT2D eigenvalue weighted by molar-refractivity contribution is -0.0730. The fourth-order valence-electron chi connectivity index (χ4n) is 5.48. The lowest BCUT2D eigenvalue weighted by atomic mass is 9.52. The first-order valence-corrected chi connectivity index (χ1v) is 7.31. The third kappa shape index (κ3) is 1.44. The molecule has 1 saturated heterocycles. The lowest BCUT2D eigenvalue weighted by Crippen LogP contribution is -2.65. The molecule has 0 radical (unpaired) electrons. The summed E-state index contributed by atoms with van der Waals surface area (Å²) in [7, 11) is 0. The Hall–Kier alpha value is -0.730. The van der Waals surface area contributed by atoms with Crippen LogP contribution >= 0.6 is 0 Å². The molecule has 4 bridgehead atoms. The van der Waals surface area contributed by atoms with Crippen LogP contribution in [0.15, 0.2) is 0 Å². The average molecular weight is 234 g/mol. The summed E-state index contributed by atoms with van der Waals surface area (Å²) in [6.07, 6.45) is 9.39. The lowest BCUT2D eigenvalue weighted by Gasteiger charge is -2.60. The summed E-state index contributed by atoms with van der Waals surface area (Å²) in [5.41, 5.74) is 0.263. The Bertz CT molecular complexity index is 317. The minimum Gasteiger partial charge on any atom is -0.338 e. The predicted octanol–water partition coefficient (Wildman–Crippen LogP) is 2.37. The van der Waals surface area contributed by atoms with Gasteiger partial charge in [-0.1, -0.05) is 0 Å². The van der Waals surface area contributed by atoms with Crippen molar-refractivity contribution in [2.45, 2.75) is 50.5 Å². The molecule has 94 valence electrons. The minimum absolute atomic E-state index is 0.221. The summed E-state index contributed by atoms with van der Waals surface area (Å²) in [4.78, 5) is 14.3. The van der Waals surface area contributed by atoms with Crippen LogP contribution in [0.25, 0.3) is 0 Å². The number of hydrogen-bond acceptors (Lipinski definition) is 1. The molecule has 3 heteroatoms. The number of nitrogens with zero attached hydrogens (tertiary/aromatic N) is 1. The zero-order valence-corrected chi connectivity index (χ0v) is 10.5. The zero-order chi connectivity index (χ0) is 11.5. The maximum absolute atomic E-state index is 12.1. The molecule has 5 aliphatic rings. The Morgan fingerprint density at radius 3 is 2.18 bits per heavy atom. The molecule has 1 N–H and O–H groups in total. The minimum atomic E-state index is 0.221. The number of carbonyl (C=O) groups excluding carboxylic acids is 1. The van der Waals surface area contributed by atoms with Crippen LogP contribution in [-0.2, 0) is 0 Å². The highest BCUT2D eigenvalue weighted by molar-refractivity contribution is 5.76. The molecular formula is C14H22N2O. The van der Waals surface area contributed by atoms with Crippen LogP contribution in [0.4, 0.5) is 4.79 Å². The monoisotopic (exact) mass is 234 g/mol. The van der Waals surface area contributed by atoms with Crippen molar-refractivity contribution >= 4 is 6.03 Å². The van der Waals surface area contributed by atoms with Crippen LogP contribution in [0.5, 0.6) is 0 Å². The Labute approximate surface area is 103 Å². The van der Waals surface area contributed by atoms with Crippen molar-refractivity contribution in [3.63, 3.8) is 0 Å². The number of rotatable bonds is 1. The highest BCUT2D eigenvalue weighted by Gasteiger charge is 2.54. The molecule has 0 aromatic heterocycles. The number of nitrogens with one attached hydrogen (secondary N) is 1. The van der Waals surface area contributed by atoms with E-state index in [-0.39, 0.29) is 11.6 Å². The normalized spacial score (nSPS) is 48.4. The van der Waals surface area contributed by atoms with E-state index in [1.165, 1.54) is 38.5 Å². The molecule has 0 atom stereocenters. The van der Waals surface area contributed by atoms with Gasteiger partial charge in [-0.2, -0.15) is 0 Å². The van der Waals surface area contributed by atoms with Crippen LogP contribution in [-0.4, -0.2) is 29.6 Å². The molecular weight excluding hydrogens is 212 g/mol. The molecule has 2 amide bonds. The van der Waals surface area contributed by atoms with Gasteiger partial charge in [0.1, 0.15) is 0 Å². The van der Waals surface area contributed by atoms with Crippen molar-refractivity contribution < 1.29 is 4.79 Å². The van der Waals surface area contributed by atoms with Crippen molar-refractivity contribution in [1.82, 2.24) is 10.2 Å². The van der Waals surface area contributed by atoms with Gasteiger partial charge in [0.05, 0.1) is 0 Å². The highest BCUT2D eigenvalue weighted by atomic mass is 16.2. The summed E-state index contributed by atoms with van der Waals surface area (Å²) >= 11 is 0. The summed E-state index contributed by atoms with van der Waals surface area (Å²) < 4.78 is 0. The topological polar surface area (TPSA) is 32.3 Å². The van der Waals surface area contributed by atoms with Crippen molar-refractivity contribution in [3.05, 3.63) is 0 Å². The zero-order valence-electron chi connectivity index (χ0n) is 10.5. The molecule has 4 saturated carbocycles. The molecule has 4 aliphatic carbocycles. The van der Waals surface area contributed by atoms with Gasteiger partial charge in [-0.25, -0.2) is 4.79 Å². The summed E-state index contributed by atoms with van der Waals surface area (Å²) in [5, 5.41) is 3.04. The van der Waals surface area contributed by atoms with Crippen LogP contribution in [0.3, 0.4) is 0 Å². The largest absolute Gasteiger partial charge is 0.338 e. The molecule has 1 aliphatic heterocycles. The fraction of sp³-hybridized carbons (Fsp3) is 0.929. The first kappa shape index (κ1) is 10.2. The Morgan fingerprint density at radius 1 is 1.06 bits per heavy atom. The highest BCUT2D eigenvalue weighted by Crippen LogP contribution is 2.57. The van der Waals surface area contributed by atoms with Crippen LogP contribution in [0.2, 0.25) is 0 Å². The average Bonchev–Trinajstić information content (AvgIpc) is 2.27. The molecule has 5 fully saturated rings. The molecule has 17 heavy (non-hydrogen) atoms. The number of urea groups is 1. The third-order valence-electron chi connectivity index (χ3n) is 5.66. The van der Waals surface area contributed by atoms with Gasteiger partial charge in [-0.05, 0) is 62.7 Å². The van der Waals surface area contributed by atoms with Gasteiger partial charge in [-0.15, -0.1) is 0 Å². The maximum atomic E-state index is 12.1. The smallest absolute Gasteiger partial charge is 0.317 e. The van der Waals surface area contributed by atoms with E-state index in [0.29, 0.717) is 0 Å². The third-order valence-corrected chi connectivity index (χ3v) is 5.66. The van der Waals surface area contributed by atoms with Crippen LogP contribution in [0, 0.1) is 17.8 Å². The number of carbonyl (C=O) groups is 1. The summed E-state index contributed by atoms with van der Waals surface area (Å²) in [6, 6.07) is 0.221. The summed E-state index contributed by atoms with van der Waals surface area (Å²) in [6.45, 7) is 1.87. The van der Waals surface area contributed by atoms with Gasteiger partial charge in [0.2, 0.25) is 0 Å². The number of amides is 2. The molecule has 0 aromatic carbocycles. The van der Waals surface area contributed by atoms with Gasteiger partial charge < -0.3 is 10.2 Å². The van der Waals surface area contributed by atoms with E-state index in [1.54, 1.807) is 0 Å². The van der Waals surface area contributed by atoms with E-state index in [4.69, 9.17) is 0 Å². The molecule has 0 unspecified atom stereocenters. The van der Waals surface area contributed by atoms with Crippen molar-refractivity contribution in [1.29, 1.82) is 0 Å². The van der Waals surface area contributed by atoms with Gasteiger partial charge in [-0.3, -0.25) is 0 Å². The van der Waals surface area contributed by atoms with Crippen molar-refractivity contribution in [2.75, 3.05) is 13.1 Å². The Kier molecular flexibility index (Phi) is 2.04. The number of hydrogen-bond donors (Lipinski definition) is 1. The first-order chi connectivity index (χ1) is 8.25. The first-order valence-electron chi connectivity index (χ1n) is 7.31. The Morgan fingerprint density at radius 2 is 1.65 bits per heavy atom. The van der Waals surface area contributed by atoms with E-state index in [9.17, 15) is 4.79 Å². The van der Waals surface area contributed by atoms with Gasteiger partial charge in [0.15, 0.2) is 0 Å². The van der Waals surface area contributed by atoms with E-state index in [1.807, 2.05) is 0 Å². The van der Waals surface area contributed by atoms with Crippen molar-refractivity contribution in [2.24, 2.45) is 17.8 Å². The second kappa shape index (κ2) is 3.39. The quantitative estimate of drug-likeness (QED) is 0.742. The van der Waals surface area contributed by atoms with Gasteiger partial charge in [0.25, 0.3) is 0 Å². The molecule has 3 nitrogen and oxygen atoms in total. The van der Waals surface area contributed by atoms with Gasteiger partial charge >= 0.3 is 6.03 Å². The predicted molar refractivity (Wildman–Crippen MR) is 65.6 cm³/mol. The van der Waals surface area contributed by atoms with E-state index >= 15 is 0 Å². The molecule has 0 spiro atoms. The Balaban J connectivity index is 1.65. The van der Waals surface area contributed by atoms with Crippen LogP contribution < -0.4 is 5.32 Å². The SMILES string of the molecule is O=C1NCCCN1C12CC3CC(CC(C3)C1)C2. The molecule has 5 rings (SSSR count). The molecule has 1 heterocycles. The van der Waals surface area contributed by atoms with E-state index < -0.39 is 0 Å². The fourth-order valence-corrected chi connectivity index (χ4v) is 5.48. The van der Waals surface area contributed by atoms with E-state index in [0.717, 1.165) is 37.3 Å². The standard InChI is InChI=1S/C14H22N2O/c17-13-15-2-1-3-16(13)14-7-10-4-11(8-14)6-12(5-10)9-14/h10-12H,1-9H2,(H,15,17). The van der Waals surface area contributed by atoms with Crippen molar-refractivity contribution in [3.8, 4) is 0 Å². The maximum Gasteiger partial charge on any atom is 0.317 e. The van der Waals surface area contributed by atoms with Gasteiger partial charge in [0, 0.05) is 18.6 Å².